The Morgan fingerprint density at radius 2 is 2.05 bits per heavy atom. The third-order valence-electron chi connectivity index (χ3n) is 3.19. The van der Waals surface area contributed by atoms with E-state index in [0.29, 0.717) is 4.88 Å². The van der Waals surface area contributed by atoms with Gasteiger partial charge in [0.15, 0.2) is 0 Å². The smallest absolute Gasteiger partial charge is 0.287 e. The van der Waals surface area contributed by atoms with E-state index >= 15 is 0 Å². The first-order valence-electron chi connectivity index (χ1n) is 5.95. The van der Waals surface area contributed by atoms with Gasteiger partial charge in [-0.05, 0) is 23.6 Å². The maximum atomic E-state index is 12.2. The maximum Gasteiger partial charge on any atom is 0.287 e. The van der Waals surface area contributed by atoms with Gasteiger partial charge in [-0.2, -0.15) is 0 Å². The number of carbonyl (C=O) groups excluding carboxylic acids is 1. The van der Waals surface area contributed by atoms with Gasteiger partial charge in [0.25, 0.3) is 5.91 Å². The molecule has 0 saturated carbocycles. The van der Waals surface area contributed by atoms with Gasteiger partial charge in [0.1, 0.15) is 5.75 Å². The standard InChI is InChI=1S/C14H13NO3S2/c1-15(18-3)14(16)12-6-9-8-4-5-19-13(8)10(17-2)7-11(9)20-12/h4-7H,1-3H3. The van der Waals surface area contributed by atoms with Crippen LogP contribution in [0.25, 0.3) is 20.2 Å². The molecule has 4 nitrogen and oxygen atoms in total. The molecule has 0 bridgehead atoms. The fraction of sp³-hybridized carbons (Fsp3) is 0.214. The predicted molar refractivity (Wildman–Crippen MR) is 82.9 cm³/mol. The molecule has 20 heavy (non-hydrogen) atoms. The van der Waals surface area contributed by atoms with Gasteiger partial charge in [0, 0.05) is 22.5 Å². The lowest BCUT2D eigenvalue weighted by Crippen LogP contribution is -2.24. The van der Waals surface area contributed by atoms with E-state index in [4.69, 9.17) is 9.57 Å². The Balaban J connectivity index is 2.23. The SMILES string of the molecule is COc1cc2sc(C(=O)N(C)OC)cc2c2ccsc12. The molecule has 0 radical (unpaired) electrons. The highest BCUT2D eigenvalue weighted by atomic mass is 32.1. The van der Waals surface area contributed by atoms with Gasteiger partial charge in [-0.25, -0.2) is 5.06 Å². The van der Waals surface area contributed by atoms with Gasteiger partial charge >= 0.3 is 0 Å². The fourth-order valence-electron chi connectivity index (χ4n) is 2.11. The Morgan fingerprint density at radius 3 is 2.75 bits per heavy atom. The molecule has 0 aliphatic carbocycles. The Bertz CT molecular complexity index is 790. The number of thiophene rings is 2. The summed E-state index contributed by atoms with van der Waals surface area (Å²) in [5.41, 5.74) is 0. The number of benzene rings is 1. The number of hydrogen-bond acceptors (Lipinski definition) is 5. The highest BCUT2D eigenvalue weighted by molar-refractivity contribution is 7.21. The van der Waals surface area contributed by atoms with Gasteiger partial charge in [-0.3, -0.25) is 9.63 Å². The van der Waals surface area contributed by atoms with Crippen molar-refractivity contribution in [2.75, 3.05) is 21.3 Å². The van der Waals surface area contributed by atoms with Gasteiger partial charge in [-0.1, -0.05) is 0 Å². The molecule has 0 atom stereocenters. The van der Waals surface area contributed by atoms with E-state index in [1.54, 1.807) is 25.5 Å². The molecule has 0 unspecified atom stereocenters. The first kappa shape index (κ1) is 13.4. The van der Waals surface area contributed by atoms with Crippen molar-refractivity contribution in [1.29, 1.82) is 0 Å². The maximum absolute atomic E-state index is 12.2. The second-order valence-corrected chi connectivity index (χ2v) is 6.25. The molecular formula is C14H13NO3S2. The van der Waals surface area contributed by atoms with Crippen LogP contribution in [0, 0.1) is 0 Å². The zero-order valence-electron chi connectivity index (χ0n) is 11.3. The molecule has 0 aliphatic heterocycles. The van der Waals surface area contributed by atoms with Crippen LogP contribution in [0.15, 0.2) is 23.6 Å². The number of nitrogens with zero attached hydrogens (tertiary/aromatic N) is 1. The van der Waals surface area contributed by atoms with E-state index in [1.807, 2.05) is 17.5 Å². The van der Waals surface area contributed by atoms with Crippen molar-refractivity contribution in [3.05, 3.63) is 28.5 Å². The van der Waals surface area contributed by atoms with E-state index in [0.717, 1.165) is 25.9 Å². The summed E-state index contributed by atoms with van der Waals surface area (Å²) in [5, 5.41) is 5.47. The summed E-state index contributed by atoms with van der Waals surface area (Å²) >= 11 is 3.09. The molecule has 2 aromatic heterocycles. The lowest BCUT2D eigenvalue weighted by molar-refractivity contribution is -0.0753. The molecule has 3 rings (SSSR count). The number of rotatable bonds is 3. The molecule has 6 heteroatoms. The highest BCUT2D eigenvalue weighted by Gasteiger charge is 2.17. The van der Waals surface area contributed by atoms with E-state index in [9.17, 15) is 4.79 Å². The topological polar surface area (TPSA) is 38.8 Å². The molecule has 0 N–H and O–H groups in total. The van der Waals surface area contributed by atoms with Gasteiger partial charge in [0.2, 0.25) is 0 Å². The van der Waals surface area contributed by atoms with Crippen molar-refractivity contribution in [1.82, 2.24) is 5.06 Å². The van der Waals surface area contributed by atoms with Crippen molar-refractivity contribution in [2.45, 2.75) is 0 Å². The molecule has 2 heterocycles. The molecule has 0 spiro atoms. The summed E-state index contributed by atoms with van der Waals surface area (Å²) in [6.07, 6.45) is 0. The molecule has 0 fully saturated rings. The summed E-state index contributed by atoms with van der Waals surface area (Å²) in [6.45, 7) is 0. The monoisotopic (exact) mass is 307 g/mol. The number of carbonyl (C=O) groups is 1. The zero-order valence-corrected chi connectivity index (χ0v) is 12.9. The van der Waals surface area contributed by atoms with Crippen molar-refractivity contribution in [3.63, 3.8) is 0 Å². The second-order valence-electron chi connectivity index (χ2n) is 4.25. The minimum atomic E-state index is -0.143. The molecule has 1 aromatic carbocycles. The molecule has 0 saturated heterocycles. The third kappa shape index (κ3) is 1.96. The number of hydrogen-bond donors (Lipinski definition) is 0. The molecule has 104 valence electrons. The Hall–Kier alpha value is -1.63. The number of methoxy groups -OCH3 is 1. The van der Waals surface area contributed by atoms with Crippen LogP contribution in [0.4, 0.5) is 0 Å². The average molecular weight is 307 g/mol. The van der Waals surface area contributed by atoms with E-state index in [2.05, 4.69) is 6.07 Å². The molecule has 1 amide bonds. The minimum absolute atomic E-state index is 0.143. The quantitative estimate of drug-likeness (QED) is 0.692. The summed E-state index contributed by atoms with van der Waals surface area (Å²) in [6, 6.07) is 5.97. The highest BCUT2D eigenvalue weighted by Crippen LogP contribution is 2.40. The van der Waals surface area contributed by atoms with Crippen molar-refractivity contribution < 1.29 is 14.4 Å². The largest absolute Gasteiger partial charge is 0.495 e. The number of hydroxylamine groups is 2. The molecule has 0 aliphatic rings. The van der Waals surface area contributed by atoms with Crippen LogP contribution in [0.3, 0.4) is 0 Å². The second kappa shape index (κ2) is 5.05. The normalized spacial score (nSPS) is 11.2. The average Bonchev–Trinajstić information content (AvgIpc) is 3.09. The zero-order chi connectivity index (χ0) is 14.3. The number of fused-ring (bicyclic) bond motifs is 3. The van der Waals surface area contributed by atoms with E-state index in [-0.39, 0.29) is 5.91 Å². The minimum Gasteiger partial charge on any atom is -0.495 e. The third-order valence-corrected chi connectivity index (χ3v) is 5.19. The Labute approximate surface area is 124 Å². The lowest BCUT2D eigenvalue weighted by atomic mass is 10.1. The van der Waals surface area contributed by atoms with Crippen molar-refractivity contribution in [3.8, 4) is 5.75 Å². The summed E-state index contributed by atoms with van der Waals surface area (Å²) < 4.78 is 7.58. The van der Waals surface area contributed by atoms with Gasteiger partial charge in [-0.15, -0.1) is 22.7 Å². The lowest BCUT2D eigenvalue weighted by Gasteiger charge is -2.11. The van der Waals surface area contributed by atoms with E-state index < -0.39 is 0 Å². The van der Waals surface area contributed by atoms with E-state index in [1.165, 1.54) is 23.5 Å². The predicted octanol–water partition coefficient (Wildman–Crippen LogP) is 3.76. The van der Waals surface area contributed by atoms with Crippen molar-refractivity contribution >= 4 is 48.8 Å². The Kier molecular flexibility index (Phi) is 3.37. The summed E-state index contributed by atoms with van der Waals surface area (Å²) in [4.78, 5) is 17.8. The molecule has 3 aromatic rings. The summed E-state index contributed by atoms with van der Waals surface area (Å²) in [5.74, 6) is 0.708. The van der Waals surface area contributed by atoms with Crippen LogP contribution in [0.1, 0.15) is 9.67 Å². The fourth-order valence-corrected chi connectivity index (χ4v) is 4.09. The first-order chi connectivity index (χ1) is 9.65. The van der Waals surface area contributed by atoms with Gasteiger partial charge < -0.3 is 4.74 Å². The number of amides is 1. The summed E-state index contributed by atoms with van der Waals surface area (Å²) in [7, 11) is 4.75. The van der Waals surface area contributed by atoms with Crippen LogP contribution in [0.5, 0.6) is 5.75 Å². The van der Waals surface area contributed by atoms with Crippen molar-refractivity contribution in [2.24, 2.45) is 0 Å². The van der Waals surface area contributed by atoms with Gasteiger partial charge in [0.05, 0.1) is 23.8 Å². The number of ether oxygens (including phenoxy) is 1. The van der Waals surface area contributed by atoms with Crippen LogP contribution >= 0.6 is 22.7 Å². The Morgan fingerprint density at radius 1 is 1.25 bits per heavy atom. The van der Waals surface area contributed by atoms with Crippen LogP contribution in [-0.4, -0.2) is 32.2 Å². The van der Waals surface area contributed by atoms with Crippen LogP contribution in [-0.2, 0) is 4.84 Å². The first-order valence-corrected chi connectivity index (χ1v) is 7.65. The molecular weight excluding hydrogens is 294 g/mol. The van der Waals surface area contributed by atoms with Crippen LogP contribution < -0.4 is 4.74 Å². The van der Waals surface area contributed by atoms with Crippen LogP contribution in [0.2, 0.25) is 0 Å².